The van der Waals surface area contributed by atoms with E-state index in [1.54, 1.807) is 13.8 Å². The van der Waals surface area contributed by atoms with E-state index < -0.39 is 5.97 Å². The Bertz CT molecular complexity index is 501. The van der Waals surface area contributed by atoms with E-state index in [1.807, 2.05) is 13.8 Å². The first-order valence-electron chi connectivity index (χ1n) is 5.47. The highest BCUT2D eigenvalue weighted by Crippen LogP contribution is 2.23. The topological polar surface area (TPSA) is 79.3 Å². The molecule has 5 nitrogen and oxygen atoms in total. The number of aromatic nitrogens is 1. The standard InChI is InChI=1S/C12H16N2O3S/c1-6(2)5-9(15)13-8(4)11-14-7(3)10(18-11)12(16)17/h5,8H,1-4H3,(H,13,15)(H,16,17)/t8-/m0/s1. The van der Waals surface area contributed by atoms with Gasteiger partial charge in [0.2, 0.25) is 5.91 Å². The Hall–Kier alpha value is -1.69. The Kier molecular flexibility index (Phi) is 4.61. The molecule has 0 aliphatic rings. The number of nitrogens with zero attached hydrogens (tertiary/aromatic N) is 1. The third kappa shape index (κ3) is 3.66. The second-order valence-electron chi connectivity index (χ2n) is 4.22. The molecule has 0 aliphatic carbocycles. The number of carboxylic acid groups (broad SMARTS) is 1. The Labute approximate surface area is 110 Å². The zero-order valence-electron chi connectivity index (χ0n) is 10.8. The van der Waals surface area contributed by atoms with Gasteiger partial charge < -0.3 is 10.4 Å². The summed E-state index contributed by atoms with van der Waals surface area (Å²) < 4.78 is 0. The van der Waals surface area contributed by atoms with Gasteiger partial charge in [0.25, 0.3) is 0 Å². The number of thiazole rings is 1. The van der Waals surface area contributed by atoms with E-state index in [9.17, 15) is 9.59 Å². The third-order valence-electron chi connectivity index (χ3n) is 2.16. The van der Waals surface area contributed by atoms with Crippen LogP contribution in [0.5, 0.6) is 0 Å². The number of amides is 1. The van der Waals surface area contributed by atoms with Gasteiger partial charge in [-0.1, -0.05) is 5.57 Å². The number of carboxylic acids is 1. The molecule has 98 valence electrons. The normalized spacial score (nSPS) is 11.8. The zero-order chi connectivity index (χ0) is 13.9. The monoisotopic (exact) mass is 268 g/mol. The van der Waals surface area contributed by atoms with Crippen molar-refractivity contribution in [3.63, 3.8) is 0 Å². The highest BCUT2D eigenvalue weighted by Gasteiger charge is 2.18. The van der Waals surface area contributed by atoms with E-state index in [4.69, 9.17) is 5.11 Å². The van der Waals surface area contributed by atoms with Crippen molar-refractivity contribution in [1.82, 2.24) is 10.3 Å². The average Bonchev–Trinajstić information content (AvgIpc) is 2.58. The molecule has 6 heteroatoms. The number of allylic oxidation sites excluding steroid dienone is 1. The number of hydrogen-bond donors (Lipinski definition) is 2. The fourth-order valence-electron chi connectivity index (χ4n) is 1.38. The van der Waals surface area contributed by atoms with Crippen LogP contribution in [0.4, 0.5) is 0 Å². The second kappa shape index (κ2) is 5.77. The smallest absolute Gasteiger partial charge is 0.347 e. The van der Waals surface area contributed by atoms with Gasteiger partial charge in [0, 0.05) is 6.08 Å². The lowest BCUT2D eigenvalue weighted by Gasteiger charge is -2.09. The van der Waals surface area contributed by atoms with Gasteiger partial charge in [0.1, 0.15) is 9.88 Å². The predicted octanol–water partition coefficient (Wildman–Crippen LogP) is 2.29. The van der Waals surface area contributed by atoms with Gasteiger partial charge in [-0.05, 0) is 27.7 Å². The molecule has 0 unspecified atom stereocenters. The van der Waals surface area contributed by atoms with E-state index >= 15 is 0 Å². The summed E-state index contributed by atoms with van der Waals surface area (Å²) in [5.74, 6) is -1.19. The van der Waals surface area contributed by atoms with Gasteiger partial charge in [0.15, 0.2) is 0 Å². The van der Waals surface area contributed by atoms with Crippen LogP contribution in [0.25, 0.3) is 0 Å². The molecule has 0 aliphatic heterocycles. The van der Waals surface area contributed by atoms with E-state index in [1.165, 1.54) is 6.08 Å². The fraction of sp³-hybridized carbons (Fsp3) is 0.417. The maximum Gasteiger partial charge on any atom is 0.347 e. The van der Waals surface area contributed by atoms with E-state index in [0.717, 1.165) is 16.9 Å². The quantitative estimate of drug-likeness (QED) is 0.821. The van der Waals surface area contributed by atoms with Crippen molar-refractivity contribution < 1.29 is 14.7 Å². The molecule has 1 atom stereocenters. The molecule has 2 N–H and O–H groups in total. The lowest BCUT2D eigenvalue weighted by Crippen LogP contribution is -2.24. The lowest BCUT2D eigenvalue weighted by atomic mass is 10.3. The van der Waals surface area contributed by atoms with E-state index in [-0.39, 0.29) is 16.8 Å². The van der Waals surface area contributed by atoms with Crippen LogP contribution < -0.4 is 5.32 Å². The molecular weight excluding hydrogens is 252 g/mol. The number of aromatic carboxylic acids is 1. The minimum atomic E-state index is -0.987. The van der Waals surface area contributed by atoms with Gasteiger partial charge in [0.05, 0.1) is 11.7 Å². The van der Waals surface area contributed by atoms with Crippen molar-refractivity contribution in [2.75, 3.05) is 0 Å². The van der Waals surface area contributed by atoms with Crippen LogP contribution in [0.1, 0.15) is 47.2 Å². The summed E-state index contributed by atoms with van der Waals surface area (Å²) in [5.41, 5.74) is 1.38. The number of carbonyl (C=O) groups excluding carboxylic acids is 1. The Morgan fingerprint density at radius 2 is 2.06 bits per heavy atom. The molecule has 0 spiro atoms. The van der Waals surface area contributed by atoms with Crippen LogP contribution in [0, 0.1) is 6.92 Å². The molecule has 0 bridgehead atoms. The summed E-state index contributed by atoms with van der Waals surface area (Å²) >= 11 is 1.09. The Morgan fingerprint density at radius 1 is 1.44 bits per heavy atom. The predicted molar refractivity (Wildman–Crippen MR) is 69.8 cm³/mol. The van der Waals surface area contributed by atoms with Crippen molar-refractivity contribution in [1.29, 1.82) is 0 Å². The van der Waals surface area contributed by atoms with Crippen molar-refractivity contribution >= 4 is 23.2 Å². The van der Waals surface area contributed by atoms with Gasteiger partial charge in [-0.15, -0.1) is 11.3 Å². The summed E-state index contributed by atoms with van der Waals surface area (Å²) in [7, 11) is 0. The van der Waals surface area contributed by atoms with E-state index in [2.05, 4.69) is 10.3 Å². The molecule has 1 heterocycles. The van der Waals surface area contributed by atoms with E-state index in [0.29, 0.717) is 10.7 Å². The van der Waals surface area contributed by atoms with Crippen molar-refractivity contribution in [2.45, 2.75) is 33.7 Å². The van der Waals surface area contributed by atoms with Gasteiger partial charge in [-0.3, -0.25) is 4.79 Å². The maximum atomic E-state index is 11.5. The third-order valence-corrected chi connectivity index (χ3v) is 3.48. The maximum absolute atomic E-state index is 11.5. The molecule has 0 saturated heterocycles. The summed E-state index contributed by atoms with van der Waals surface area (Å²) in [4.78, 5) is 26.8. The van der Waals surface area contributed by atoms with Crippen LogP contribution in [0.15, 0.2) is 11.6 Å². The Morgan fingerprint density at radius 3 is 2.50 bits per heavy atom. The summed E-state index contributed by atoms with van der Waals surface area (Å²) in [5, 5.41) is 12.3. The number of aryl methyl sites for hydroxylation is 1. The molecule has 18 heavy (non-hydrogen) atoms. The lowest BCUT2D eigenvalue weighted by molar-refractivity contribution is -0.117. The first-order chi connectivity index (χ1) is 8.31. The zero-order valence-corrected chi connectivity index (χ0v) is 11.6. The van der Waals surface area contributed by atoms with Crippen molar-refractivity contribution in [3.8, 4) is 0 Å². The van der Waals surface area contributed by atoms with Crippen LogP contribution >= 0.6 is 11.3 Å². The van der Waals surface area contributed by atoms with Crippen LogP contribution in [0.2, 0.25) is 0 Å². The molecule has 1 rings (SSSR count). The fourth-order valence-corrected chi connectivity index (χ4v) is 2.29. The number of rotatable bonds is 4. The molecule has 1 aromatic heterocycles. The summed E-state index contributed by atoms with van der Waals surface area (Å²) in [6, 6.07) is -0.301. The number of nitrogens with one attached hydrogen (secondary N) is 1. The average molecular weight is 268 g/mol. The van der Waals surface area contributed by atoms with Gasteiger partial charge in [-0.2, -0.15) is 0 Å². The molecule has 0 fully saturated rings. The molecular formula is C12H16N2O3S. The minimum Gasteiger partial charge on any atom is -0.477 e. The van der Waals surface area contributed by atoms with Crippen LogP contribution in [0.3, 0.4) is 0 Å². The molecule has 0 saturated carbocycles. The molecule has 0 aromatic carbocycles. The first kappa shape index (κ1) is 14.4. The minimum absolute atomic E-state index is 0.202. The Balaban J connectivity index is 2.82. The SMILES string of the molecule is CC(C)=CC(=O)N[C@@H](C)c1nc(C)c(C(=O)O)s1. The highest BCUT2D eigenvalue weighted by molar-refractivity contribution is 7.13. The highest BCUT2D eigenvalue weighted by atomic mass is 32.1. The molecule has 0 radical (unpaired) electrons. The van der Waals surface area contributed by atoms with Crippen molar-refractivity contribution in [3.05, 3.63) is 27.2 Å². The van der Waals surface area contributed by atoms with Crippen molar-refractivity contribution in [2.24, 2.45) is 0 Å². The molecule has 1 amide bonds. The number of carbonyl (C=O) groups is 2. The summed E-state index contributed by atoms with van der Waals surface area (Å²) in [6.45, 7) is 7.09. The second-order valence-corrected chi connectivity index (χ2v) is 5.25. The summed E-state index contributed by atoms with van der Waals surface area (Å²) in [6.07, 6.45) is 1.50. The first-order valence-corrected chi connectivity index (χ1v) is 6.29. The van der Waals surface area contributed by atoms with Crippen LogP contribution in [-0.2, 0) is 4.79 Å². The van der Waals surface area contributed by atoms with Gasteiger partial charge in [-0.25, -0.2) is 9.78 Å². The van der Waals surface area contributed by atoms with Gasteiger partial charge >= 0.3 is 5.97 Å². The largest absolute Gasteiger partial charge is 0.477 e. The number of hydrogen-bond acceptors (Lipinski definition) is 4. The van der Waals surface area contributed by atoms with Crippen LogP contribution in [-0.4, -0.2) is 22.0 Å². The molecule has 1 aromatic rings.